The number of aromatic amines is 1. The number of carbonyl (C=O) groups is 1. The summed E-state index contributed by atoms with van der Waals surface area (Å²) in [5, 5.41) is 0. The van der Waals surface area contributed by atoms with Crippen molar-refractivity contribution in [2.24, 2.45) is 5.73 Å². The lowest BCUT2D eigenvalue weighted by molar-refractivity contribution is 0.1000. The summed E-state index contributed by atoms with van der Waals surface area (Å²) >= 11 is 0. The molecular weight excluding hydrogens is 378 g/mol. The molecule has 0 radical (unpaired) electrons. The van der Waals surface area contributed by atoms with E-state index in [9.17, 15) is 4.79 Å². The first-order valence-corrected chi connectivity index (χ1v) is 9.85. The van der Waals surface area contributed by atoms with E-state index in [-0.39, 0.29) is 0 Å². The summed E-state index contributed by atoms with van der Waals surface area (Å²) in [5.74, 6) is 1.65. The molecule has 7 heteroatoms. The summed E-state index contributed by atoms with van der Waals surface area (Å²) in [6.45, 7) is 2.62. The standard InChI is InChI=1S/C23H21N5O2/c24-23(29)16-6-8-22(25-12-16)30-18-7-5-17-13-28(10-9-15(17)11-18)14-21-26-19-3-1-2-4-20(19)27-21/h1-8,11-12H,9-10,13-14H2,(H2,24,29)(H,26,27). The van der Waals surface area contributed by atoms with Crippen molar-refractivity contribution in [2.75, 3.05) is 6.54 Å². The number of primary amides is 1. The van der Waals surface area contributed by atoms with Crippen LogP contribution >= 0.6 is 0 Å². The highest BCUT2D eigenvalue weighted by Gasteiger charge is 2.18. The molecule has 2 aromatic carbocycles. The second-order valence-electron chi connectivity index (χ2n) is 7.44. The number of ether oxygens (including phenoxy) is 1. The maximum absolute atomic E-state index is 11.1. The number of benzene rings is 2. The molecule has 0 aliphatic carbocycles. The molecule has 1 amide bonds. The smallest absolute Gasteiger partial charge is 0.250 e. The Morgan fingerprint density at radius 2 is 2.03 bits per heavy atom. The lowest BCUT2D eigenvalue weighted by Crippen LogP contribution is -2.30. The summed E-state index contributed by atoms with van der Waals surface area (Å²) < 4.78 is 5.84. The van der Waals surface area contributed by atoms with Gasteiger partial charge in [-0.05, 0) is 47.9 Å². The normalized spacial score (nSPS) is 13.9. The van der Waals surface area contributed by atoms with Gasteiger partial charge in [0.1, 0.15) is 11.6 Å². The summed E-state index contributed by atoms with van der Waals surface area (Å²) in [6.07, 6.45) is 2.37. The maximum Gasteiger partial charge on any atom is 0.250 e. The van der Waals surface area contributed by atoms with Crippen molar-refractivity contribution in [3.63, 3.8) is 0 Å². The maximum atomic E-state index is 11.1. The van der Waals surface area contributed by atoms with Gasteiger partial charge in [-0.2, -0.15) is 0 Å². The van der Waals surface area contributed by atoms with Crippen LogP contribution in [0.1, 0.15) is 27.3 Å². The van der Waals surface area contributed by atoms with Crippen molar-refractivity contribution in [2.45, 2.75) is 19.5 Å². The van der Waals surface area contributed by atoms with Crippen LogP contribution in [0, 0.1) is 0 Å². The highest BCUT2D eigenvalue weighted by atomic mass is 16.5. The van der Waals surface area contributed by atoms with E-state index in [1.807, 2.05) is 24.3 Å². The second kappa shape index (κ2) is 7.61. The van der Waals surface area contributed by atoms with Gasteiger partial charge < -0.3 is 15.5 Å². The van der Waals surface area contributed by atoms with Gasteiger partial charge in [0, 0.05) is 25.4 Å². The van der Waals surface area contributed by atoms with Crippen molar-refractivity contribution in [3.05, 3.63) is 83.3 Å². The fraction of sp³-hybridized carbons (Fsp3) is 0.174. The number of H-pyrrole nitrogens is 1. The van der Waals surface area contributed by atoms with Crippen LogP contribution in [0.15, 0.2) is 60.8 Å². The van der Waals surface area contributed by atoms with Gasteiger partial charge in [-0.15, -0.1) is 0 Å². The van der Waals surface area contributed by atoms with Crippen molar-refractivity contribution in [1.82, 2.24) is 19.9 Å². The van der Waals surface area contributed by atoms with E-state index in [0.717, 1.165) is 48.7 Å². The Balaban J connectivity index is 1.26. The molecular formula is C23H21N5O2. The van der Waals surface area contributed by atoms with Gasteiger partial charge in [0.15, 0.2) is 0 Å². The average molecular weight is 399 g/mol. The first kappa shape index (κ1) is 18.3. The van der Waals surface area contributed by atoms with Gasteiger partial charge in [0.05, 0.1) is 23.1 Å². The average Bonchev–Trinajstić information content (AvgIpc) is 3.16. The minimum Gasteiger partial charge on any atom is -0.439 e. The highest BCUT2D eigenvalue weighted by Crippen LogP contribution is 2.27. The zero-order chi connectivity index (χ0) is 20.5. The predicted octanol–water partition coefficient (Wildman–Crippen LogP) is 3.41. The topological polar surface area (TPSA) is 97.1 Å². The van der Waals surface area contributed by atoms with Crippen molar-refractivity contribution < 1.29 is 9.53 Å². The Bertz CT molecular complexity index is 1180. The minimum atomic E-state index is -0.505. The number of hydrogen-bond donors (Lipinski definition) is 2. The number of para-hydroxylation sites is 2. The second-order valence-corrected chi connectivity index (χ2v) is 7.44. The molecule has 0 saturated carbocycles. The van der Waals surface area contributed by atoms with Gasteiger partial charge >= 0.3 is 0 Å². The number of nitrogens with two attached hydrogens (primary N) is 1. The third-order valence-electron chi connectivity index (χ3n) is 5.32. The SMILES string of the molecule is NC(=O)c1ccc(Oc2ccc3c(c2)CCN(Cc2nc4ccccc4[nH]2)C3)nc1. The van der Waals surface area contributed by atoms with Crippen LogP contribution in [-0.2, 0) is 19.5 Å². The predicted molar refractivity (Wildman–Crippen MR) is 113 cm³/mol. The van der Waals surface area contributed by atoms with E-state index in [4.69, 9.17) is 10.5 Å². The molecule has 0 unspecified atom stereocenters. The van der Waals surface area contributed by atoms with Gasteiger partial charge in [0.2, 0.25) is 11.8 Å². The number of carbonyl (C=O) groups excluding carboxylic acids is 1. The van der Waals surface area contributed by atoms with Gasteiger partial charge in [-0.3, -0.25) is 9.69 Å². The van der Waals surface area contributed by atoms with Crippen LogP contribution in [0.2, 0.25) is 0 Å². The third kappa shape index (κ3) is 3.75. The molecule has 0 bridgehead atoms. The van der Waals surface area contributed by atoms with E-state index < -0.39 is 5.91 Å². The molecule has 0 atom stereocenters. The van der Waals surface area contributed by atoms with E-state index in [0.29, 0.717) is 11.4 Å². The van der Waals surface area contributed by atoms with E-state index in [1.54, 1.807) is 12.1 Å². The summed E-state index contributed by atoms with van der Waals surface area (Å²) in [4.78, 5) is 25.8. The number of amides is 1. The van der Waals surface area contributed by atoms with Crippen LogP contribution in [0.4, 0.5) is 0 Å². The Kier molecular flexibility index (Phi) is 4.65. The fourth-order valence-corrected chi connectivity index (χ4v) is 3.79. The number of pyridine rings is 1. The van der Waals surface area contributed by atoms with Crippen LogP contribution < -0.4 is 10.5 Å². The molecule has 0 spiro atoms. The quantitative estimate of drug-likeness (QED) is 0.536. The fourth-order valence-electron chi connectivity index (χ4n) is 3.79. The number of imidazole rings is 1. The summed E-state index contributed by atoms with van der Waals surface area (Å²) in [7, 11) is 0. The van der Waals surface area contributed by atoms with E-state index in [1.165, 1.54) is 17.3 Å². The monoisotopic (exact) mass is 399 g/mol. The zero-order valence-electron chi connectivity index (χ0n) is 16.3. The first-order chi connectivity index (χ1) is 14.6. The van der Waals surface area contributed by atoms with Crippen molar-refractivity contribution in [3.8, 4) is 11.6 Å². The number of rotatable bonds is 5. The molecule has 7 nitrogen and oxygen atoms in total. The third-order valence-corrected chi connectivity index (χ3v) is 5.32. The zero-order valence-corrected chi connectivity index (χ0v) is 16.3. The molecule has 0 fully saturated rings. The van der Waals surface area contributed by atoms with Gasteiger partial charge in [0.25, 0.3) is 0 Å². The Labute approximate surface area is 173 Å². The van der Waals surface area contributed by atoms with E-state index >= 15 is 0 Å². The molecule has 30 heavy (non-hydrogen) atoms. The van der Waals surface area contributed by atoms with Gasteiger partial charge in [-0.1, -0.05) is 18.2 Å². The van der Waals surface area contributed by atoms with E-state index in [2.05, 4.69) is 38.1 Å². The number of aromatic nitrogens is 3. The Morgan fingerprint density at radius 1 is 1.13 bits per heavy atom. The Hall–Kier alpha value is -3.71. The Morgan fingerprint density at radius 3 is 2.83 bits per heavy atom. The number of nitrogens with zero attached hydrogens (tertiary/aromatic N) is 3. The largest absolute Gasteiger partial charge is 0.439 e. The molecule has 2 aromatic heterocycles. The number of nitrogens with one attached hydrogen (secondary N) is 1. The minimum absolute atomic E-state index is 0.359. The number of fused-ring (bicyclic) bond motifs is 2. The first-order valence-electron chi connectivity index (χ1n) is 9.85. The van der Waals surface area contributed by atoms with Crippen LogP contribution in [0.3, 0.4) is 0 Å². The van der Waals surface area contributed by atoms with Crippen LogP contribution in [0.5, 0.6) is 11.6 Å². The summed E-state index contributed by atoms with van der Waals surface area (Å²) in [5.41, 5.74) is 10.3. The highest BCUT2D eigenvalue weighted by molar-refractivity contribution is 5.92. The lowest BCUT2D eigenvalue weighted by Gasteiger charge is -2.28. The van der Waals surface area contributed by atoms with Crippen molar-refractivity contribution in [1.29, 1.82) is 0 Å². The molecule has 4 aromatic rings. The molecule has 3 heterocycles. The van der Waals surface area contributed by atoms with Gasteiger partial charge in [-0.25, -0.2) is 9.97 Å². The molecule has 150 valence electrons. The molecule has 1 aliphatic rings. The summed E-state index contributed by atoms with van der Waals surface area (Å²) in [6, 6.07) is 17.5. The molecule has 1 aliphatic heterocycles. The lowest BCUT2D eigenvalue weighted by atomic mass is 9.99. The molecule has 3 N–H and O–H groups in total. The van der Waals surface area contributed by atoms with Crippen LogP contribution in [-0.4, -0.2) is 32.3 Å². The molecule has 0 saturated heterocycles. The number of hydrogen-bond acceptors (Lipinski definition) is 5. The molecule has 5 rings (SSSR count). The van der Waals surface area contributed by atoms with Crippen molar-refractivity contribution >= 4 is 16.9 Å². The van der Waals surface area contributed by atoms with Crippen LogP contribution in [0.25, 0.3) is 11.0 Å².